The average molecular weight is 330 g/mol. The van der Waals surface area contributed by atoms with E-state index in [4.69, 9.17) is 11.6 Å². The molecule has 0 saturated carbocycles. The first-order valence-corrected chi connectivity index (χ1v) is 9.05. The van der Waals surface area contributed by atoms with Crippen molar-refractivity contribution in [1.29, 1.82) is 0 Å². The van der Waals surface area contributed by atoms with E-state index in [-0.39, 0.29) is 5.75 Å². The Kier molecular flexibility index (Phi) is 5.21. The first-order chi connectivity index (χ1) is 9.49. The van der Waals surface area contributed by atoms with E-state index in [1.165, 1.54) is 9.18 Å². The molecular formula is C14H16ClNO2S2. The Morgan fingerprint density at radius 3 is 2.60 bits per heavy atom. The third-order valence-corrected chi connectivity index (χ3v) is 6.14. The van der Waals surface area contributed by atoms with Crippen molar-refractivity contribution >= 4 is 33.0 Å². The van der Waals surface area contributed by atoms with Crippen molar-refractivity contribution in [2.75, 3.05) is 13.6 Å². The Balaban J connectivity index is 2.00. The highest BCUT2D eigenvalue weighted by atomic mass is 35.5. The zero-order valence-corrected chi connectivity index (χ0v) is 13.5. The molecule has 0 aliphatic rings. The number of halogens is 1. The van der Waals surface area contributed by atoms with Crippen LogP contribution >= 0.6 is 22.9 Å². The van der Waals surface area contributed by atoms with Crippen molar-refractivity contribution in [2.24, 2.45) is 0 Å². The standard InChI is InChI=1S/C14H16ClNO2S2/c1-16(9-8-13-6-4-10-19-13)20(17,18)11-12-5-2-3-7-14(12)15/h2-7,10H,8-9,11H2,1H3. The second-order valence-corrected chi connectivity index (χ2v) is 8.01. The van der Waals surface area contributed by atoms with Crippen LogP contribution in [0.5, 0.6) is 0 Å². The van der Waals surface area contributed by atoms with Crippen LogP contribution in [0.15, 0.2) is 41.8 Å². The van der Waals surface area contributed by atoms with Crippen LogP contribution in [0.1, 0.15) is 10.4 Å². The van der Waals surface area contributed by atoms with Crippen LogP contribution in [0.4, 0.5) is 0 Å². The van der Waals surface area contributed by atoms with Gasteiger partial charge < -0.3 is 0 Å². The molecule has 0 fully saturated rings. The lowest BCUT2D eigenvalue weighted by Gasteiger charge is -2.17. The normalized spacial score (nSPS) is 11.9. The topological polar surface area (TPSA) is 37.4 Å². The zero-order chi connectivity index (χ0) is 14.6. The van der Waals surface area contributed by atoms with Crippen molar-refractivity contribution in [3.05, 3.63) is 57.2 Å². The highest BCUT2D eigenvalue weighted by Gasteiger charge is 2.19. The van der Waals surface area contributed by atoms with Gasteiger partial charge in [-0.2, -0.15) is 0 Å². The highest BCUT2D eigenvalue weighted by molar-refractivity contribution is 7.88. The Morgan fingerprint density at radius 2 is 1.95 bits per heavy atom. The molecule has 2 rings (SSSR count). The second-order valence-electron chi connectivity index (χ2n) is 4.50. The van der Waals surface area contributed by atoms with Gasteiger partial charge in [-0.05, 0) is 29.5 Å². The summed E-state index contributed by atoms with van der Waals surface area (Å²) in [5, 5.41) is 2.48. The van der Waals surface area contributed by atoms with Crippen molar-refractivity contribution in [2.45, 2.75) is 12.2 Å². The molecule has 0 N–H and O–H groups in total. The SMILES string of the molecule is CN(CCc1cccs1)S(=O)(=O)Cc1ccccc1Cl. The first-order valence-electron chi connectivity index (χ1n) is 6.19. The predicted molar refractivity (Wildman–Crippen MR) is 84.7 cm³/mol. The quantitative estimate of drug-likeness (QED) is 0.814. The number of benzene rings is 1. The lowest BCUT2D eigenvalue weighted by Crippen LogP contribution is -2.30. The summed E-state index contributed by atoms with van der Waals surface area (Å²) in [6.07, 6.45) is 0.732. The van der Waals surface area contributed by atoms with Gasteiger partial charge in [-0.15, -0.1) is 11.3 Å². The molecule has 2 aromatic rings. The summed E-state index contributed by atoms with van der Waals surface area (Å²) in [7, 11) is -1.72. The number of likely N-dealkylation sites (N-methyl/N-ethyl adjacent to an activating group) is 1. The van der Waals surface area contributed by atoms with Gasteiger partial charge in [-0.1, -0.05) is 35.9 Å². The summed E-state index contributed by atoms with van der Waals surface area (Å²) in [5.41, 5.74) is 0.636. The molecule has 1 aromatic heterocycles. The minimum Gasteiger partial charge on any atom is -0.212 e. The minimum absolute atomic E-state index is 0.0619. The maximum atomic E-state index is 12.3. The van der Waals surface area contributed by atoms with Gasteiger partial charge in [0.25, 0.3) is 0 Å². The van der Waals surface area contributed by atoms with Gasteiger partial charge in [0, 0.05) is 23.5 Å². The second kappa shape index (κ2) is 6.72. The number of hydrogen-bond acceptors (Lipinski definition) is 3. The third-order valence-electron chi connectivity index (χ3n) is 3.02. The smallest absolute Gasteiger partial charge is 0.212 e. The van der Waals surface area contributed by atoms with E-state index in [0.29, 0.717) is 17.1 Å². The molecule has 0 unspecified atom stereocenters. The number of nitrogens with zero attached hydrogens (tertiary/aromatic N) is 1. The van der Waals surface area contributed by atoms with Crippen LogP contribution < -0.4 is 0 Å². The van der Waals surface area contributed by atoms with Crippen LogP contribution in [-0.4, -0.2) is 26.3 Å². The maximum Gasteiger partial charge on any atom is 0.218 e. The van der Waals surface area contributed by atoms with E-state index < -0.39 is 10.0 Å². The number of thiophene rings is 1. The number of hydrogen-bond donors (Lipinski definition) is 0. The van der Waals surface area contributed by atoms with E-state index in [1.807, 2.05) is 17.5 Å². The van der Waals surface area contributed by atoms with Gasteiger partial charge in [0.2, 0.25) is 10.0 Å². The Bertz CT molecular complexity index is 654. The highest BCUT2D eigenvalue weighted by Crippen LogP contribution is 2.19. The molecule has 0 radical (unpaired) electrons. The van der Waals surface area contributed by atoms with Crippen LogP contribution in [0.25, 0.3) is 0 Å². The van der Waals surface area contributed by atoms with Crippen LogP contribution in [0.2, 0.25) is 5.02 Å². The molecule has 6 heteroatoms. The molecule has 0 amide bonds. The van der Waals surface area contributed by atoms with E-state index in [2.05, 4.69) is 0 Å². The van der Waals surface area contributed by atoms with Gasteiger partial charge >= 0.3 is 0 Å². The fourth-order valence-electron chi connectivity index (χ4n) is 1.78. The van der Waals surface area contributed by atoms with Crippen molar-refractivity contribution in [3.63, 3.8) is 0 Å². The molecule has 0 aliphatic heterocycles. The van der Waals surface area contributed by atoms with Gasteiger partial charge in [0.05, 0.1) is 5.75 Å². The minimum atomic E-state index is -3.34. The Labute approximate surface area is 128 Å². The van der Waals surface area contributed by atoms with Gasteiger partial charge in [0.1, 0.15) is 0 Å². The molecule has 108 valence electrons. The van der Waals surface area contributed by atoms with Gasteiger partial charge in [0.15, 0.2) is 0 Å². The number of rotatable bonds is 6. The molecule has 0 atom stereocenters. The summed E-state index contributed by atoms with van der Waals surface area (Å²) in [6, 6.07) is 11.0. The summed E-state index contributed by atoms with van der Waals surface area (Å²) in [5.74, 6) is -0.0619. The number of sulfonamides is 1. The predicted octanol–water partition coefficient (Wildman–Crippen LogP) is 3.41. The molecule has 0 bridgehead atoms. The fraction of sp³-hybridized carbons (Fsp3) is 0.286. The lowest BCUT2D eigenvalue weighted by atomic mass is 10.2. The van der Waals surface area contributed by atoms with Gasteiger partial charge in [-0.25, -0.2) is 12.7 Å². The van der Waals surface area contributed by atoms with E-state index >= 15 is 0 Å². The van der Waals surface area contributed by atoms with Crippen LogP contribution in [-0.2, 0) is 22.2 Å². The molecule has 0 spiro atoms. The van der Waals surface area contributed by atoms with E-state index in [9.17, 15) is 8.42 Å². The summed E-state index contributed by atoms with van der Waals surface area (Å²) in [6.45, 7) is 0.479. The molecule has 0 aliphatic carbocycles. The summed E-state index contributed by atoms with van der Waals surface area (Å²) in [4.78, 5) is 1.18. The molecule has 20 heavy (non-hydrogen) atoms. The van der Waals surface area contributed by atoms with Crippen LogP contribution in [0.3, 0.4) is 0 Å². The Morgan fingerprint density at radius 1 is 1.20 bits per heavy atom. The van der Waals surface area contributed by atoms with Crippen LogP contribution in [0, 0.1) is 0 Å². The van der Waals surface area contributed by atoms with Crippen molar-refractivity contribution < 1.29 is 8.42 Å². The average Bonchev–Trinajstić information content (AvgIpc) is 2.91. The zero-order valence-electron chi connectivity index (χ0n) is 11.1. The molecule has 0 saturated heterocycles. The maximum absolute atomic E-state index is 12.3. The third kappa shape index (κ3) is 4.06. The molecule has 3 nitrogen and oxygen atoms in total. The summed E-state index contributed by atoms with van der Waals surface area (Å²) >= 11 is 7.65. The molecule has 1 heterocycles. The largest absolute Gasteiger partial charge is 0.218 e. The van der Waals surface area contributed by atoms with E-state index in [1.54, 1.807) is 42.6 Å². The molecule has 1 aromatic carbocycles. The van der Waals surface area contributed by atoms with Crippen molar-refractivity contribution in [1.82, 2.24) is 4.31 Å². The Hall–Kier alpha value is -0.880. The van der Waals surface area contributed by atoms with E-state index in [0.717, 1.165) is 6.42 Å². The fourth-order valence-corrected chi connectivity index (χ4v) is 4.00. The van der Waals surface area contributed by atoms with Crippen molar-refractivity contribution in [3.8, 4) is 0 Å². The summed E-state index contributed by atoms with van der Waals surface area (Å²) < 4.78 is 26.0. The lowest BCUT2D eigenvalue weighted by molar-refractivity contribution is 0.472. The first kappa shape index (κ1) is 15.5. The monoisotopic (exact) mass is 329 g/mol. The van der Waals surface area contributed by atoms with Gasteiger partial charge in [-0.3, -0.25) is 0 Å². The molecular weight excluding hydrogens is 314 g/mol.